The molecule has 1 heterocycles. The fourth-order valence-corrected chi connectivity index (χ4v) is 4.19. The van der Waals surface area contributed by atoms with Gasteiger partial charge in [-0.1, -0.05) is 41.9 Å². The number of pyridine rings is 1. The highest BCUT2D eigenvalue weighted by molar-refractivity contribution is 6.30. The molecule has 0 saturated heterocycles. The Bertz CT molecular complexity index is 1240. The SMILES string of the molecule is O=C(Nc1ccc(N(CCCl)CCCl)cc1)c1cc(-c2ccc(Cl)cc2)nc2ccccc12. The number of carbonyl (C=O) groups is 1. The Labute approximate surface area is 208 Å². The fraction of sp³-hybridized carbons (Fsp3) is 0.154. The Morgan fingerprint density at radius 3 is 2.21 bits per heavy atom. The molecule has 0 atom stereocenters. The second-order valence-corrected chi connectivity index (χ2v) is 8.64. The number of hydrogen-bond donors (Lipinski definition) is 1. The number of carbonyl (C=O) groups excluding carboxylic acids is 1. The van der Waals surface area contributed by atoms with Gasteiger partial charge in [0, 0.05) is 52.2 Å². The Hall–Kier alpha value is -2.79. The summed E-state index contributed by atoms with van der Waals surface area (Å²) in [5.74, 6) is 0.830. The van der Waals surface area contributed by atoms with E-state index in [0.29, 0.717) is 46.8 Å². The molecule has 0 saturated carbocycles. The summed E-state index contributed by atoms with van der Waals surface area (Å²) in [6.45, 7) is 1.41. The number of anilines is 2. The van der Waals surface area contributed by atoms with Crippen molar-refractivity contribution in [3.05, 3.63) is 89.4 Å². The predicted molar refractivity (Wildman–Crippen MR) is 140 cm³/mol. The molecule has 0 aliphatic carbocycles. The first-order valence-corrected chi connectivity index (χ1v) is 12.0. The molecule has 0 bridgehead atoms. The maximum absolute atomic E-state index is 13.3. The maximum atomic E-state index is 13.3. The first kappa shape index (κ1) is 23.4. The second-order valence-electron chi connectivity index (χ2n) is 7.45. The topological polar surface area (TPSA) is 45.2 Å². The van der Waals surface area contributed by atoms with Crippen molar-refractivity contribution in [3.63, 3.8) is 0 Å². The first-order valence-electron chi connectivity index (χ1n) is 10.5. The third kappa shape index (κ3) is 5.59. The third-order valence-corrected chi connectivity index (χ3v) is 5.89. The van der Waals surface area contributed by atoms with Crippen molar-refractivity contribution in [2.75, 3.05) is 35.1 Å². The van der Waals surface area contributed by atoms with Crippen molar-refractivity contribution in [2.24, 2.45) is 0 Å². The van der Waals surface area contributed by atoms with Crippen LogP contribution in [0.1, 0.15) is 10.4 Å². The number of rotatable bonds is 8. The van der Waals surface area contributed by atoms with Crippen LogP contribution in [0.2, 0.25) is 5.02 Å². The Balaban J connectivity index is 1.63. The lowest BCUT2D eigenvalue weighted by Gasteiger charge is -2.23. The second kappa shape index (κ2) is 10.9. The summed E-state index contributed by atoms with van der Waals surface area (Å²) in [5.41, 5.74) is 4.62. The van der Waals surface area contributed by atoms with Crippen LogP contribution < -0.4 is 10.2 Å². The number of amides is 1. The van der Waals surface area contributed by atoms with Crippen LogP contribution in [0.15, 0.2) is 78.9 Å². The van der Waals surface area contributed by atoms with Gasteiger partial charge in [0.05, 0.1) is 16.8 Å². The van der Waals surface area contributed by atoms with Gasteiger partial charge in [0.1, 0.15) is 0 Å². The molecule has 1 aromatic heterocycles. The molecule has 0 unspecified atom stereocenters. The summed E-state index contributed by atoms with van der Waals surface area (Å²) in [5, 5.41) is 4.45. The molecule has 33 heavy (non-hydrogen) atoms. The van der Waals surface area contributed by atoms with Gasteiger partial charge >= 0.3 is 0 Å². The molecule has 7 heteroatoms. The average Bonchev–Trinajstić information content (AvgIpc) is 2.84. The Kier molecular flexibility index (Phi) is 7.71. The third-order valence-electron chi connectivity index (χ3n) is 5.30. The van der Waals surface area contributed by atoms with Gasteiger partial charge in [-0.15, -0.1) is 23.2 Å². The smallest absolute Gasteiger partial charge is 0.256 e. The van der Waals surface area contributed by atoms with Gasteiger partial charge in [0.15, 0.2) is 0 Å². The van der Waals surface area contributed by atoms with E-state index in [1.54, 1.807) is 0 Å². The summed E-state index contributed by atoms with van der Waals surface area (Å²) >= 11 is 17.8. The van der Waals surface area contributed by atoms with E-state index in [2.05, 4.69) is 10.2 Å². The van der Waals surface area contributed by atoms with E-state index < -0.39 is 0 Å². The monoisotopic (exact) mass is 497 g/mol. The first-order chi connectivity index (χ1) is 16.1. The summed E-state index contributed by atoms with van der Waals surface area (Å²) in [4.78, 5) is 20.1. The van der Waals surface area contributed by atoms with Crippen molar-refractivity contribution in [1.29, 1.82) is 0 Å². The molecular formula is C26H22Cl3N3O. The van der Waals surface area contributed by atoms with E-state index in [-0.39, 0.29) is 5.91 Å². The molecule has 0 spiro atoms. The van der Waals surface area contributed by atoms with Crippen molar-refractivity contribution in [3.8, 4) is 11.3 Å². The molecular weight excluding hydrogens is 477 g/mol. The standard InChI is InChI=1S/C26H22Cl3N3O/c27-13-15-32(16-14-28)21-11-9-20(10-12-21)30-26(33)23-17-25(18-5-7-19(29)8-6-18)31-24-4-2-1-3-22(23)24/h1-12,17H,13-16H2,(H,30,33). The number of benzene rings is 3. The predicted octanol–water partition coefficient (Wildman–Crippen LogP) is 7.09. The van der Waals surface area contributed by atoms with Crippen LogP contribution in [-0.4, -0.2) is 35.7 Å². The lowest BCUT2D eigenvalue weighted by Crippen LogP contribution is -2.27. The molecule has 4 nitrogen and oxygen atoms in total. The van der Waals surface area contributed by atoms with Crippen LogP contribution in [0.3, 0.4) is 0 Å². The number of nitrogens with zero attached hydrogens (tertiary/aromatic N) is 2. The van der Waals surface area contributed by atoms with E-state index in [1.165, 1.54) is 0 Å². The van der Waals surface area contributed by atoms with Gasteiger partial charge in [0.25, 0.3) is 5.91 Å². The van der Waals surface area contributed by atoms with Gasteiger partial charge in [-0.25, -0.2) is 4.98 Å². The van der Waals surface area contributed by atoms with Crippen LogP contribution in [-0.2, 0) is 0 Å². The highest BCUT2D eigenvalue weighted by Gasteiger charge is 2.15. The highest BCUT2D eigenvalue weighted by atomic mass is 35.5. The van der Waals surface area contributed by atoms with Crippen LogP contribution in [0.5, 0.6) is 0 Å². The molecule has 0 radical (unpaired) electrons. The molecule has 4 rings (SSSR count). The summed E-state index contributed by atoms with van der Waals surface area (Å²) < 4.78 is 0. The number of hydrogen-bond acceptors (Lipinski definition) is 3. The van der Waals surface area contributed by atoms with Crippen LogP contribution >= 0.6 is 34.8 Å². The molecule has 0 aliphatic heterocycles. The molecule has 4 aromatic rings. The highest BCUT2D eigenvalue weighted by Crippen LogP contribution is 2.27. The molecule has 1 amide bonds. The van der Waals surface area contributed by atoms with Gasteiger partial charge in [0.2, 0.25) is 0 Å². The number of alkyl halides is 2. The van der Waals surface area contributed by atoms with Crippen LogP contribution in [0, 0.1) is 0 Å². The van der Waals surface area contributed by atoms with Crippen LogP contribution in [0.25, 0.3) is 22.2 Å². The molecule has 0 fully saturated rings. The summed E-state index contributed by atoms with van der Waals surface area (Å²) in [7, 11) is 0. The fourth-order valence-electron chi connectivity index (χ4n) is 3.66. The van der Waals surface area contributed by atoms with Gasteiger partial charge < -0.3 is 10.2 Å². The minimum absolute atomic E-state index is 0.199. The number of para-hydroxylation sites is 1. The van der Waals surface area contributed by atoms with E-state index in [0.717, 1.165) is 22.2 Å². The zero-order valence-electron chi connectivity index (χ0n) is 17.8. The molecule has 1 N–H and O–H groups in total. The van der Waals surface area contributed by atoms with E-state index in [9.17, 15) is 4.79 Å². The summed E-state index contributed by atoms with van der Waals surface area (Å²) in [6.07, 6.45) is 0. The quantitative estimate of drug-likeness (QED) is 0.264. The van der Waals surface area contributed by atoms with Crippen LogP contribution in [0.4, 0.5) is 11.4 Å². The number of halogens is 3. The lowest BCUT2D eigenvalue weighted by molar-refractivity contribution is 0.102. The maximum Gasteiger partial charge on any atom is 0.256 e. The van der Waals surface area contributed by atoms with E-state index in [4.69, 9.17) is 39.8 Å². The van der Waals surface area contributed by atoms with Gasteiger partial charge in [-0.3, -0.25) is 4.79 Å². The van der Waals surface area contributed by atoms with Crippen molar-refractivity contribution >= 4 is 63.0 Å². The summed E-state index contributed by atoms with van der Waals surface area (Å²) in [6, 6.07) is 24.5. The van der Waals surface area contributed by atoms with E-state index in [1.807, 2.05) is 78.9 Å². The average molecular weight is 499 g/mol. The van der Waals surface area contributed by atoms with E-state index >= 15 is 0 Å². The lowest BCUT2D eigenvalue weighted by atomic mass is 10.0. The molecule has 0 aliphatic rings. The van der Waals surface area contributed by atoms with Crippen molar-refractivity contribution in [2.45, 2.75) is 0 Å². The number of fused-ring (bicyclic) bond motifs is 1. The largest absolute Gasteiger partial charge is 0.369 e. The Morgan fingerprint density at radius 1 is 0.879 bits per heavy atom. The normalized spacial score (nSPS) is 10.9. The number of aromatic nitrogens is 1. The van der Waals surface area contributed by atoms with Crippen molar-refractivity contribution in [1.82, 2.24) is 4.98 Å². The minimum atomic E-state index is -0.199. The zero-order chi connectivity index (χ0) is 23.2. The molecule has 168 valence electrons. The van der Waals surface area contributed by atoms with Gasteiger partial charge in [-0.05, 0) is 48.5 Å². The minimum Gasteiger partial charge on any atom is -0.369 e. The molecule has 3 aromatic carbocycles. The number of nitrogens with one attached hydrogen (secondary N) is 1. The Morgan fingerprint density at radius 2 is 1.55 bits per heavy atom. The zero-order valence-corrected chi connectivity index (χ0v) is 20.0. The van der Waals surface area contributed by atoms with Gasteiger partial charge in [-0.2, -0.15) is 0 Å². The van der Waals surface area contributed by atoms with Crippen molar-refractivity contribution < 1.29 is 4.79 Å².